The fourth-order valence-corrected chi connectivity index (χ4v) is 4.16. The van der Waals surface area contributed by atoms with Crippen LogP contribution >= 0.6 is 22.9 Å². The number of benzene rings is 1. The number of halogens is 1. The molecule has 0 unspecified atom stereocenters. The number of hydrogen-bond acceptors (Lipinski definition) is 4. The summed E-state index contributed by atoms with van der Waals surface area (Å²) in [4.78, 5) is 16.6. The Morgan fingerprint density at radius 1 is 1.24 bits per heavy atom. The van der Waals surface area contributed by atoms with E-state index in [0.29, 0.717) is 13.1 Å². The van der Waals surface area contributed by atoms with Crippen LogP contribution in [0.3, 0.4) is 0 Å². The summed E-state index contributed by atoms with van der Waals surface area (Å²) in [6.07, 6.45) is 0. The van der Waals surface area contributed by atoms with E-state index in [2.05, 4.69) is 17.0 Å². The maximum Gasteiger partial charge on any atom is 0.248 e. The Morgan fingerprint density at radius 2 is 1.95 bits per heavy atom. The number of hydrogen-bond donors (Lipinski definition) is 1. The van der Waals surface area contributed by atoms with Crippen LogP contribution in [0.1, 0.15) is 4.88 Å². The largest absolute Gasteiger partial charge is 0.387 e. The number of carbonyl (C=O) groups is 1. The van der Waals surface area contributed by atoms with E-state index in [1.54, 1.807) is 16.2 Å². The summed E-state index contributed by atoms with van der Waals surface area (Å²) in [6, 6.07) is 8.17. The van der Waals surface area contributed by atoms with Crippen LogP contribution in [0.2, 0.25) is 5.02 Å². The molecule has 0 bridgehead atoms. The highest BCUT2D eigenvalue weighted by Gasteiger charge is 2.21. The van der Waals surface area contributed by atoms with Gasteiger partial charge in [0.05, 0.1) is 5.02 Å². The number of rotatable bonds is 3. The Labute approximate surface area is 132 Å². The van der Waals surface area contributed by atoms with Gasteiger partial charge in [0.1, 0.15) is 6.61 Å². The Kier molecular flexibility index (Phi) is 4.45. The SMILES string of the molecule is O=C(CO)N1CCN(Cc2sc3ccccc3c2Cl)CC1. The first-order valence-corrected chi connectivity index (χ1v) is 8.15. The van der Waals surface area contributed by atoms with Crippen molar-refractivity contribution in [3.05, 3.63) is 34.2 Å². The average molecular weight is 325 g/mol. The molecule has 2 heterocycles. The molecule has 1 aromatic heterocycles. The highest BCUT2D eigenvalue weighted by molar-refractivity contribution is 7.19. The predicted molar refractivity (Wildman–Crippen MR) is 85.8 cm³/mol. The van der Waals surface area contributed by atoms with Crippen LogP contribution in [0.15, 0.2) is 24.3 Å². The molecule has 1 N–H and O–H groups in total. The lowest BCUT2D eigenvalue weighted by molar-refractivity contribution is -0.135. The van der Waals surface area contributed by atoms with Gasteiger partial charge >= 0.3 is 0 Å². The Hall–Kier alpha value is -1.14. The van der Waals surface area contributed by atoms with E-state index in [1.165, 1.54) is 9.58 Å². The van der Waals surface area contributed by atoms with E-state index in [4.69, 9.17) is 16.7 Å². The topological polar surface area (TPSA) is 43.8 Å². The molecule has 0 radical (unpaired) electrons. The lowest BCUT2D eigenvalue weighted by atomic mass is 10.2. The molecular formula is C15H17ClN2O2S. The Morgan fingerprint density at radius 3 is 2.62 bits per heavy atom. The van der Waals surface area contributed by atoms with E-state index in [9.17, 15) is 4.79 Å². The van der Waals surface area contributed by atoms with Gasteiger partial charge in [0.25, 0.3) is 0 Å². The number of thiophene rings is 1. The molecule has 1 aliphatic heterocycles. The first-order chi connectivity index (χ1) is 10.2. The molecule has 21 heavy (non-hydrogen) atoms. The van der Waals surface area contributed by atoms with Crippen molar-refractivity contribution in [2.45, 2.75) is 6.54 Å². The molecule has 1 aliphatic rings. The van der Waals surface area contributed by atoms with E-state index >= 15 is 0 Å². The second-order valence-electron chi connectivity index (χ2n) is 5.15. The zero-order chi connectivity index (χ0) is 14.8. The summed E-state index contributed by atoms with van der Waals surface area (Å²) < 4.78 is 1.21. The van der Waals surface area contributed by atoms with Gasteiger partial charge in [0.2, 0.25) is 5.91 Å². The number of carbonyl (C=O) groups excluding carboxylic acids is 1. The van der Waals surface area contributed by atoms with Gasteiger partial charge in [-0.1, -0.05) is 29.8 Å². The third kappa shape index (κ3) is 3.06. The minimum absolute atomic E-state index is 0.186. The van der Waals surface area contributed by atoms with Gasteiger partial charge in [-0.15, -0.1) is 11.3 Å². The molecule has 0 saturated carbocycles. The zero-order valence-corrected chi connectivity index (χ0v) is 13.2. The standard InChI is InChI=1S/C15H17ClN2O2S/c16-15-11-3-1-2-4-12(11)21-13(15)9-17-5-7-18(8-6-17)14(20)10-19/h1-4,19H,5-10H2. The summed E-state index contributed by atoms with van der Waals surface area (Å²) >= 11 is 8.20. The van der Waals surface area contributed by atoms with Gasteiger partial charge in [-0.05, 0) is 6.07 Å². The van der Waals surface area contributed by atoms with Crippen molar-refractivity contribution in [3.63, 3.8) is 0 Å². The normalized spacial score (nSPS) is 16.6. The van der Waals surface area contributed by atoms with Crippen molar-refractivity contribution >= 4 is 38.9 Å². The summed E-state index contributed by atoms with van der Waals surface area (Å²) in [5.74, 6) is -0.186. The second kappa shape index (κ2) is 6.32. The number of fused-ring (bicyclic) bond motifs is 1. The second-order valence-corrected chi connectivity index (χ2v) is 6.67. The van der Waals surface area contributed by atoms with Gasteiger partial charge < -0.3 is 10.0 Å². The van der Waals surface area contributed by atoms with E-state index in [-0.39, 0.29) is 5.91 Å². The van der Waals surface area contributed by atoms with Crippen LogP contribution in [-0.4, -0.2) is 53.6 Å². The van der Waals surface area contributed by atoms with Crippen LogP contribution < -0.4 is 0 Å². The minimum atomic E-state index is -0.401. The van der Waals surface area contributed by atoms with Crippen molar-refractivity contribution in [2.24, 2.45) is 0 Å². The molecule has 1 aromatic carbocycles. The van der Waals surface area contributed by atoms with Crippen molar-refractivity contribution in [1.82, 2.24) is 9.80 Å². The van der Waals surface area contributed by atoms with Crippen molar-refractivity contribution in [1.29, 1.82) is 0 Å². The lowest BCUT2D eigenvalue weighted by Gasteiger charge is -2.34. The fraction of sp³-hybridized carbons (Fsp3) is 0.400. The smallest absolute Gasteiger partial charge is 0.248 e. The maximum atomic E-state index is 11.4. The number of aliphatic hydroxyl groups is 1. The molecule has 1 saturated heterocycles. The van der Waals surface area contributed by atoms with Gasteiger partial charge in [-0.3, -0.25) is 9.69 Å². The number of piperazine rings is 1. The van der Waals surface area contributed by atoms with Crippen LogP contribution in [0.5, 0.6) is 0 Å². The lowest BCUT2D eigenvalue weighted by Crippen LogP contribution is -2.49. The average Bonchev–Trinajstić information content (AvgIpc) is 2.84. The molecule has 0 spiro atoms. The Bertz CT molecular complexity index is 650. The number of aliphatic hydroxyl groups excluding tert-OH is 1. The first kappa shape index (κ1) is 14.8. The maximum absolute atomic E-state index is 11.4. The molecule has 0 aliphatic carbocycles. The van der Waals surface area contributed by atoms with E-state index in [0.717, 1.165) is 30.0 Å². The predicted octanol–water partition coefficient (Wildman–Crippen LogP) is 2.19. The van der Waals surface area contributed by atoms with Crippen LogP contribution in [0, 0.1) is 0 Å². The summed E-state index contributed by atoms with van der Waals surface area (Å²) in [7, 11) is 0. The molecule has 1 amide bonds. The third-order valence-corrected chi connectivity index (χ3v) is 5.53. The van der Waals surface area contributed by atoms with Crippen molar-refractivity contribution < 1.29 is 9.90 Å². The zero-order valence-electron chi connectivity index (χ0n) is 11.6. The number of nitrogens with zero attached hydrogens (tertiary/aromatic N) is 2. The molecule has 2 aromatic rings. The first-order valence-electron chi connectivity index (χ1n) is 6.96. The van der Waals surface area contributed by atoms with Gasteiger partial charge in [0.15, 0.2) is 0 Å². The minimum Gasteiger partial charge on any atom is -0.387 e. The summed E-state index contributed by atoms with van der Waals surface area (Å²) in [5, 5.41) is 10.9. The molecule has 6 heteroatoms. The van der Waals surface area contributed by atoms with Gasteiger partial charge in [-0.25, -0.2) is 0 Å². The quantitative estimate of drug-likeness (QED) is 0.941. The molecule has 4 nitrogen and oxygen atoms in total. The number of amides is 1. The van der Waals surface area contributed by atoms with E-state index < -0.39 is 6.61 Å². The highest BCUT2D eigenvalue weighted by atomic mass is 35.5. The highest BCUT2D eigenvalue weighted by Crippen LogP contribution is 2.35. The fourth-order valence-electron chi connectivity index (χ4n) is 2.62. The van der Waals surface area contributed by atoms with Crippen molar-refractivity contribution in [2.75, 3.05) is 32.8 Å². The van der Waals surface area contributed by atoms with Crippen molar-refractivity contribution in [3.8, 4) is 0 Å². The summed E-state index contributed by atoms with van der Waals surface area (Å²) in [6.45, 7) is 3.39. The monoisotopic (exact) mass is 324 g/mol. The van der Waals surface area contributed by atoms with E-state index in [1.807, 2.05) is 12.1 Å². The Balaban J connectivity index is 1.67. The van der Waals surface area contributed by atoms with Crippen LogP contribution in [0.25, 0.3) is 10.1 Å². The van der Waals surface area contributed by atoms with Crippen LogP contribution in [-0.2, 0) is 11.3 Å². The van der Waals surface area contributed by atoms with Gasteiger partial charge in [0, 0.05) is 47.7 Å². The molecule has 3 rings (SSSR count). The summed E-state index contributed by atoms with van der Waals surface area (Å²) in [5.41, 5.74) is 0. The molecule has 1 fully saturated rings. The molecule has 112 valence electrons. The molecular weight excluding hydrogens is 308 g/mol. The third-order valence-electron chi connectivity index (χ3n) is 3.83. The van der Waals surface area contributed by atoms with Crippen LogP contribution in [0.4, 0.5) is 0 Å². The van der Waals surface area contributed by atoms with Gasteiger partial charge in [-0.2, -0.15) is 0 Å². The molecule has 0 atom stereocenters.